The van der Waals surface area contributed by atoms with E-state index in [4.69, 9.17) is 9.84 Å². The zero-order valence-corrected chi connectivity index (χ0v) is 17.3. The molecule has 2 saturated heterocycles. The second-order valence-corrected chi connectivity index (χ2v) is 8.21. The van der Waals surface area contributed by atoms with Crippen molar-refractivity contribution in [2.75, 3.05) is 52.9 Å². The average Bonchev–Trinajstić information content (AvgIpc) is 2.73. The number of benzene rings is 1. The summed E-state index contributed by atoms with van der Waals surface area (Å²) in [6.07, 6.45) is 1.67. The molecule has 2 atom stereocenters. The van der Waals surface area contributed by atoms with Gasteiger partial charge in [-0.15, -0.1) is 0 Å². The Morgan fingerprint density at radius 1 is 1.10 bits per heavy atom. The molecular formula is C22H33N3O4. The lowest BCUT2D eigenvalue weighted by Gasteiger charge is -2.46. The van der Waals surface area contributed by atoms with Gasteiger partial charge in [0.2, 0.25) is 5.91 Å². The molecule has 29 heavy (non-hydrogen) atoms. The summed E-state index contributed by atoms with van der Waals surface area (Å²) >= 11 is 0. The molecule has 2 heterocycles. The van der Waals surface area contributed by atoms with E-state index in [2.05, 4.69) is 16.8 Å². The molecule has 0 spiro atoms. The second-order valence-electron chi connectivity index (χ2n) is 8.21. The normalized spacial score (nSPS) is 23.8. The minimum Gasteiger partial charge on any atom is -0.481 e. The number of carboxylic acids is 1. The Balaban J connectivity index is 1.53. The van der Waals surface area contributed by atoms with E-state index in [1.165, 1.54) is 0 Å². The van der Waals surface area contributed by atoms with Gasteiger partial charge in [-0.2, -0.15) is 0 Å². The summed E-state index contributed by atoms with van der Waals surface area (Å²) in [4.78, 5) is 30.5. The number of piperazine rings is 1. The maximum absolute atomic E-state index is 12.7. The predicted octanol–water partition coefficient (Wildman–Crippen LogP) is 1.53. The summed E-state index contributed by atoms with van der Waals surface area (Å²) in [6.45, 7) is 5.94. The molecule has 1 aromatic carbocycles. The highest BCUT2D eigenvalue weighted by molar-refractivity contribution is 5.77. The Morgan fingerprint density at radius 3 is 2.52 bits per heavy atom. The molecule has 0 bridgehead atoms. The van der Waals surface area contributed by atoms with Crippen LogP contribution in [0.1, 0.15) is 24.8 Å². The number of likely N-dealkylation sites (tertiary alicyclic amines) is 1. The average molecular weight is 404 g/mol. The van der Waals surface area contributed by atoms with Gasteiger partial charge >= 0.3 is 5.97 Å². The molecule has 1 aromatic rings. The fourth-order valence-corrected chi connectivity index (χ4v) is 4.39. The van der Waals surface area contributed by atoms with Crippen LogP contribution in [0.2, 0.25) is 0 Å². The molecule has 7 nitrogen and oxygen atoms in total. The molecule has 2 fully saturated rings. The van der Waals surface area contributed by atoms with Crippen LogP contribution in [-0.4, -0.2) is 90.6 Å². The first-order chi connectivity index (χ1) is 14.0. The summed E-state index contributed by atoms with van der Waals surface area (Å²) in [5.41, 5.74) is 1.05. The molecule has 0 aromatic heterocycles. The predicted molar refractivity (Wildman–Crippen MR) is 111 cm³/mol. The monoisotopic (exact) mass is 403 g/mol. The number of nitrogens with zero attached hydrogens (tertiary/aromatic N) is 3. The third kappa shape index (κ3) is 6.52. The largest absolute Gasteiger partial charge is 0.481 e. The summed E-state index contributed by atoms with van der Waals surface area (Å²) in [7, 11) is 2.13. The Hall–Kier alpha value is -1.96. The Morgan fingerprint density at radius 2 is 1.83 bits per heavy atom. The lowest BCUT2D eigenvalue weighted by Crippen LogP contribution is -2.57. The van der Waals surface area contributed by atoms with Gasteiger partial charge in [0.25, 0.3) is 0 Å². The molecule has 160 valence electrons. The van der Waals surface area contributed by atoms with Crippen LogP contribution < -0.4 is 0 Å². The van der Waals surface area contributed by atoms with E-state index in [9.17, 15) is 9.59 Å². The number of carbonyl (C=O) groups is 2. The van der Waals surface area contributed by atoms with E-state index in [0.29, 0.717) is 32.2 Å². The van der Waals surface area contributed by atoms with Crippen LogP contribution >= 0.6 is 0 Å². The fourth-order valence-electron chi connectivity index (χ4n) is 4.39. The number of likely N-dealkylation sites (N-methyl/N-ethyl adjacent to an activating group) is 1. The molecule has 0 aliphatic carbocycles. The number of hydrogen-bond acceptors (Lipinski definition) is 5. The third-order valence-electron chi connectivity index (χ3n) is 6.12. The number of hydrogen-bond donors (Lipinski definition) is 1. The van der Waals surface area contributed by atoms with Crippen molar-refractivity contribution >= 4 is 11.9 Å². The quantitative estimate of drug-likeness (QED) is 0.710. The van der Waals surface area contributed by atoms with Crippen molar-refractivity contribution in [3.05, 3.63) is 35.9 Å². The smallest absolute Gasteiger partial charge is 0.303 e. The van der Waals surface area contributed by atoms with E-state index < -0.39 is 5.97 Å². The highest BCUT2D eigenvalue weighted by Gasteiger charge is 2.35. The first-order valence-electron chi connectivity index (χ1n) is 10.6. The van der Waals surface area contributed by atoms with Crippen molar-refractivity contribution < 1.29 is 19.4 Å². The van der Waals surface area contributed by atoms with Crippen LogP contribution in [0.25, 0.3) is 0 Å². The molecule has 1 amide bonds. The van der Waals surface area contributed by atoms with Gasteiger partial charge in [-0.1, -0.05) is 30.3 Å². The van der Waals surface area contributed by atoms with E-state index >= 15 is 0 Å². The first-order valence-corrected chi connectivity index (χ1v) is 10.6. The van der Waals surface area contributed by atoms with Crippen molar-refractivity contribution in [1.82, 2.24) is 14.7 Å². The standard InChI is InChI=1S/C22H33N3O4/c1-23-11-13-24(14-12-23)20-9-10-25(15-19(20)7-8-22(27)28)21(26)17-29-16-18-5-3-2-4-6-18/h2-6,19-20H,7-17H2,1H3,(H,27,28)/t19-,20+/m0/s1. The van der Waals surface area contributed by atoms with Crippen LogP contribution in [-0.2, 0) is 20.9 Å². The van der Waals surface area contributed by atoms with Gasteiger partial charge in [0.05, 0.1) is 6.61 Å². The van der Waals surface area contributed by atoms with Crippen LogP contribution in [0, 0.1) is 5.92 Å². The number of carboxylic acid groups (broad SMARTS) is 1. The van der Waals surface area contributed by atoms with Gasteiger partial charge in [-0.3, -0.25) is 14.5 Å². The molecule has 0 radical (unpaired) electrons. The Bertz CT molecular complexity index is 661. The molecule has 0 unspecified atom stereocenters. The Labute approximate surface area is 173 Å². The number of ether oxygens (including phenoxy) is 1. The summed E-state index contributed by atoms with van der Waals surface area (Å²) in [5.74, 6) is -0.573. The van der Waals surface area contributed by atoms with E-state index in [1.807, 2.05) is 35.2 Å². The molecule has 0 saturated carbocycles. The van der Waals surface area contributed by atoms with Crippen LogP contribution in [0.4, 0.5) is 0 Å². The van der Waals surface area contributed by atoms with E-state index in [-0.39, 0.29) is 24.9 Å². The maximum atomic E-state index is 12.7. The fraction of sp³-hybridized carbons (Fsp3) is 0.636. The van der Waals surface area contributed by atoms with Crippen molar-refractivity contribution in [3.8, 4) is 0 Å². The number of carbonyl (C=O) groups excluding carboxylic acids is 1. The molecular weight excluding hydrogens is 370 g/mol. The van der Waals surface area contributed by atoms with Crippen molar-refractivity contribution in [1.29, 1.82) is 0 Å². The maximum Gasteiger partial charge on any atom is 0.303 e. The Kier molecular flexibility index (Phi) is 8.03. The van der Waals surface area contributed by atoms with E-state index in [1.54, 1.807) is 0 Å². The van der Waals surface area contributed by atoms with Gasteiger partial charge in [0.1, 0.15) is 6.61 Å². The van der Waals surface area contributed by atoms with Crippen LogP contribution in [0.5, 0.6) is 0 Å². The first kappa shape index (κ1) is 21.7. The number of amides is 1. The summed E-state index contributed by atoms with van der Waals surface area (Å²) < 4.78 is 5.62. The summed E-state index contributed by atoms with van der Waals surface area (Å²) in [5, 5.41) is 9.15. The molecule has 2 aliphatic heterocycles. The van der Waals surface area contributed by atoms with Crippen LogP contribution in [0.3, 0.4) is 0 Å². The number of piperidine rings is 1. The highest BCUT2D eigenvalue weighted by Crippen LogP contribution is 2.27. The summed E-state index contributed by atoms with van der Waals surface area (Å²) in [6, 6.07) is 10.2. The minimum absolute atomic E-state index is 0.00177. The van der Waals surface area contributed by atoms with Crippen molar-refractivity contribution in [3.63, 3.8) is 0 Å². The minimum atomic E-state index is -0.767. The highest BCUT2D eigenvalue weighted by atomic mass is 16.5. The van der Waals surface area contributed by atoms with Gasteiger partial charge in [0, 0.05) is 51.7 Å². The third-order valence-corrected chi connectivity index (χ3v) is 6.12. The second kappa shape index (κ2) is 10.7. The number of rotatable bonds is 8. The zero-order valence-electron chi connectivity index (χ0n) is 17.3. The van der Waals surface area contributed by atoms with Gasteiger partial charge in [0.15, 0.2) is 0 Å². The molecule has 2 aliphatic rings. The lowest BCUT2D eigenvalue weighted by atomic mass is 9.86. The van der Waals surface area contributed by atoms with E-state index in [0.717, 1.165) is 38.2 Å². The number of aliphatic carboxylic acids is 1. The van der Waals surface area contributed by atoms with Crippen molar-refractivity contribution in [2.45, 2.75) is 31.9 Å². The van der Waals surface area contributed by atoms with Crippen LogP contribution in [0.15, 0.2) is 30.3 Å². The molecule has 1 N–H and O–H groups in total. The van der Waals surface area contributed by atoms with Gasteiger partial charge in [-0.05, 0) is 31.4 Å². The SMILES string of the molecule is CN1CCN([C@@H]2CCN(C(=O)COCc3ccccc3)C[C@@H]2CCC(=O)O)CC1. The topological polar surface area (TPSA) is 73.3 Å². The zero-order chi connectivity index (χ0) is 20.6. The van der Waals surface area contributed by atoms with Gasteiger partial charge < -0.3 is 19.6 Å². The molecule has 3 rings (SSSR count). The lowest BCUT2D eigenvalue weighted by molar-refractivity contribution is -0.140. The van der Waals surface area contributed by atoms with Gasteiger partial charge in [-0.25, -0.2) is 0 Å². The van der Waals surface area contributed by atoms with Crippen molar-refractivity contribution in [2.24, 2.45) is 5.92 Å². The molecule has 7 heteroatoms.